The first-order valence-electron chi connectivity index (χ1n) is 5.65. The highest BCUT2D eigenvalue weighted by Crippen LogP contribution is 2.14. The van der Waals surface area contributed by atoms with Crippen LogP contribution in [0.3, 0.4) is 0 Å². The normalized spacial score (nSPS) is 10.8. The second kappa shape index (κ2) is 8.75. The summed E-state index contributed by atoms with van der Waals surface area (Å²) in [4.78, 5) is 12.3. The van der Waals surface area contributed by atoms with Crippen LogP contribution in [0, 0.1) is 0 Å². The van der Waals surface area contributed by atoms with Crippen molar-refractivity contribution in [3.8, 4) is 5.88 Å². The Kier molecular flexibility index (Phi) is 7.31. The first-order valence-corrected chi connectivity index (χ1v) is 6.87. The molecule has 0 fully saturated rings. The molecule has 0 amide bonds. The van der Waals surface area contributed by atoms with Gasteiger partial charge in [-0.15, -0.1) is 24.0 Å². The lowest BCUT2D eigenvalue weighted by Crippen LogP contribution is -2.05. The highest BCUT2D eigenvalue weighted by molar-refractivity contribution is 14.0. The first kappa shape index (κ1) is 16.7. The molecule has 0 saturated heterocycles. The van der Waals surface area contributed by atoms with E-state index in [9.17, 15) is 0 Å². The van der Waals surface area contributed by atoms with E-state index in [2.05, 4.69) is 15.0 Å². The molecule has 0 bridgehead atoms. The van der Waals surface area contributed by atoms with Crippen molar-refractivity contribution in [2.45, 2.75) is 6.61 Å². The largest absolute Gasteiger partial charge is 0.472 e. The summed E-state index contributed by atoms with van der Waals surface area (Å²) in [6, 6.07) is 9.86. The maximum atomic E-state index is 5.62. The van der Waals surface area contributed by atoms with Crippen LogP contribution in [0.25, 0.3) is 0 Å². The molecule has 1 aromatic carbocycles. The molecule has 5 nitrogen and oxygen atoms in total. The SMILES string of the molecule is CS/C(N)=N/c1cncc(OCc2ccccc2)n1.I. The summed E-state index contributed by atoms with van der Waals surface area (Å²) in [5.74, 6) is 0.872. The molecule has 0 radical (unpaired) electrons. The summed E-state index contributed by atoms with van der Waals surface area (Å²) < 4.78 is 5.56. The zero-order valence-electron chi connectivity index (χ0n) is 10.9. The maximum Gasteiger partial charge on any atom is 0.234 e. The molecule has 0 spiro atoms. The van der Waals surface area contributed by atoms with Crippen molar-refractivity contribution in [3.05, 3.63) is 48.3 Å². The number of nitrogens with zero attached hydrogens (tertiary/aromatic N) is 3. The van der Waals surface area contributed by atoms with Crippen LogP contribution in [0.2, 0.25) is 0 Å². The Morgan fingerprint density at radius 2 is 2.05 bits per heavy atom. The number of amidine groups is 1. The molecule has 2 N–H and O–H groups in total. The quantitative estimate of drug-likeness (QED) is 0.484. The number of nitrogens with two attached hydrogens (primary N) is 1. The number of benzene rings is 1. The van der Waals surface area contributed by atoms with E-state index in [-0.39, 0.29) is 24.0 Å². The van der Waals surface area contributed by atoms with Gasteiger partial charge in [0.2, 0.25) is 5.88 Å². The molecule has 106 valence electrons. The lowest BCUT2D eigenvalue weighted by atomic mass is 10.2. The topological polar surface area (TPSA) is 73.4 Å². The number of ether oxygens (including phenoxy) is 1. The molecule has 0 aliphatic carbocycles. The fraction of sp³-hybridized carbons (Fsp3) is 0.154. The van der Waals surface area contributed by atoms with Crippen molar-refractivity contribution in [2.75, 3.05) is 6.26 Å². The summed E-state index contributed by atoms with van der Waals surface area (Å²) in [5.41, 5.74) is 6.70. The fourth-order valence-electron chi connectivity index (χ4n) is 1.35. The number of hydrogen-bond donors (Lipinski definition) is 1. The van der Waals surface area contributed by atoms with Gasteiger partial charge >= 0.3 is 0 Å². The van der Waals surface area contributed by atoms with Gasteiger partial charge in [-0.3, -0.25) is 4.98 Å². The van der Waals surface area contributed by atoms with Crippen LogP contribution in [0.1, 0.15) is 5.56 Å². The Hall–Kier alpha value is -1.35. The van der Waals surface area contributed by atoms with Gasteiger partial charge in [-0.2, -0.15) is 4.98 Å². The second-order valence-corrected chi connectivity index (χ2v) is 4.47. The third kappa shape index (κ3) is 5.33. The predicted octanol–water partition coefficient (Wildman–Crippen LogP) is 2.98. The molecule has 0 aliphatic rings. The lowest BCUT2D eigenvalue weighted by molar-refractivity contribution is 0.293. The number of rotatable bonds is 4. The first-order chi connectivity index (χ1) is 9.28. The van der Waals surface area contributed by atoms with E-state index < -0.39 is 0 Å². The molecule has 7 heteroatoms. The van der Waals surface area contributed by atoms with Gasteiger partial charge in [0, 0.05) is 0 Å². The third-order valence-electron chi connectivity index (χ3n) is 2.26. The van der Waals surface area contributed by atoms with Crippen LogP contribution in [0.15, 0.2) is 47.7 Å². The Morgan fingerprint density at radius 3 is 2.75 bits per heavy atom. The predicted molar refractivity (Wildman–Crippen MR) is 93.0 cm³/mol. The van der Waals surface area contributed by atoms with Crippen molar-refractivity contribution in [1.82, 2.24) is 9.97 Å². The van der Waals surface area contributed by atoms with E-state index in [0.717, 1.165) is 5.56 Å². The van der Waals surface area contributed by atoms with E-state index in [1.165, 1.54) is 11.8 Å². The minimum absolute atomic E-state index is 0. The van der Waals surface area contributed by atoms with Gasteiger partial charge in [-0.05, 0) is 11.8 Å². The number of halogens is 1. The van der Waals surface area contributed by atoms with Gasteiger partial charge < -0.3 is 10.5 Å². The average molecular weight is 402 g/mol. The molecule has 0 saturated carbocycles. The Labute approximate surface area is 139 Å². The minimum Gasteiger partial charge on any atom is -0.472 e. The van der Waals surface area contributed by atoms with Crippen molar-refractivity contribution < 1.29 is 4.74 Å². The van der Waals surface area contributed by atoms with Gasteiger partial charge in [-0.25, -0.2) is 4.99 Å². The van der Waals surface area contributed by atoms with E-state index in [0.29, 0.717) is 23.5 Å². The van der Waals surface area contributed by atoms with Crippen LogP contribution in [0.5, 0.6) is 5.88 Å². The highest BCUT2D eigenvalue weighted by Gasteiger charge is 2.00. The molecule has 2 rings (SSSR count). The van der Waals surface area contributed by atoms with Crippen LogP contribution in [-0.4, -0.2) is 21.4 Å². The molecule has 0 unspecified atom stereocenters. The molecule has 2 aromatic rings. The summed E-state index contributed by atoms with van der Waals surface area (Å²) >= 11 is 1.35. The second-order valence-electron chi connectivity index (χ2n) is 3.64. The van der Waals surface area contributed by atoms with E-state index in [4.69, 9.17) is 10.5 Å². The third-order valence-corrected chi connectivity index (χ3v) is 2.77. The summed E-state index contributed by atoms with van der Waals surface area (Å²) in [5, 5.41) is 0.439. The van der Waals surface area contributed by atoms with E-state index >= 15 is 0 Å². The molecule has 1 heterocycles. The maximum absolute atomic E-state index is 5.62. The van der Waals surface area contributed by atoms with Crippen LogP contribution in [0.4, 0.5) is 5.82 Å². The van der Waals surface area contributed by atoms with Gasteiger partial charge in [-0.1, -0.05) is 42.1 Å². The van der Waals surface area contributed by atoms with Crippen molar-refractivity contribution in [1.29, 1.82) is 0 Å². The fourth-order valence-corrected chi connectivity index (χ4v) is 1.54. The van der Waals surface area contributed by atoms with Gasteiger partial charge in [0.15, 0.2) is 11.0 Å². The van der Waals surface area contributed by atoms with Crippen LogP contribution in [-0.2, 0) is 6.61 Å². The molecular formula is C13H15IN4OS. The van der Waals surface area contributed by atoms with Gasteiger partial charge in [0.25, 0.3) is 0 Å². The van der Waals surface area contributed by atoms with Crippen molar-refractivity contribution in [2.24, 2.45) is 10.7 Å². The summed E-state index contributed by atoms with van der Waals surface area (Å²) in [6.45, 7) is 0.445. The summed E-state index contributed by atoms with van der Waals surface area (Å²) in [7, 11) is 0. The standard InChI is InChI=1S/C13H14N4OS.HI/c1-19-13(14)17-11-7-15-8-12(16-11)18-9-10-5-3-2-4-6-10;/h2-8H,9H2,1H3,(H2,14,16,17);1H. The van der Waals surface area contributed by atoms with E-state index in [1.807, 2.05) is 36.6 Å². The van der Waals surface area contributed by atoms with E-state index in [1.54, 1.807) is 12.4 Å². The number of aromatic nitrogens is 2. The Morgan fingerprint density at radius 1 is 1.30 bits per heavy atom. The summed E-state index contributed by atoms with van der Waals surface area (Å²) in [6.07, 6.45) is 4.94. The monoisotopic (exact) mass is 402 g/mol. The Bertz CT molecular complexity index is 565. The molecule has 1 aromatic heterocycles. The number of thioether (sulfide) groups is 1. The number of aliphatic imine (C=N–C) groups is 1. The molecule has 0 aliphatic heterocycles. The Balaban J connectivity index is 0.00000200. The van der Waals surface area contributed by atoms with Crippen LogP contribution < -0.4 is 10.5 Å². The van der Waals surface area contributed by atoms with Crippen molar-refractivity contribution in [3.63, 3.8) is 0 Å². The zero-order valence-corrected chi connectivity index (χ0v) is 14.0. The lowest BCUT2D eigenvalue weighted by Gasteiger charge is -2.05. The van der Waals surface area contributed by atoms with Crippen LogP contribution >= 0.6 is 35.7 Å². The number of hydrogen-bond acceptors (Lipinski definition) is 5. The molecular weight excluding hydrogens is 387 g/mol. The van der Waals surface area contributed by atoms with Crippen molar-refractivity contribution >= 4 is 46.7 Å². The minimum atomic E-state index is 0. The van der Waals surface area contributed by atoms with Gasteiger partial charge in [0.1, 0.15) is 6.61 Å². The average Bonchev–Trinajstić information content (AvgIpc) is 2.46. The molecule has 0 atom stereocenters. The molecule has 20 heavy (non-hydrogen) atoms. The highest BCUT2D eigenvalue weighted by atomic mass is 127. The smallest absolute Gasteiger partial charge is 0.234 e. The zero-order chi connectivity index (χ0) is 13.5. The van der Waals surface area contributed by atoms with Gasteiger partial charge in [0.05, 0.1) is 12.4 Å².